The fourth-order valence-corrected chi connectivity index (χ4v) is 2.44. The van der Waals surface area contributed by atoms with Crippen LogP contribution in [-0.4, -0.2) is 25.6 Å². The number of carbonyl (C=O) groups is 1. The number of nitrogens with zero attached hydrogens (tertiary/aromatic N) is 1. The molecule has 25 heavy (non-hydrogen) atoms. The summed E-state index contributed by atoms with van der Waals surface area (Å²) in [6.45, 7) is 4.42. The summed E-state index contributed by atoms with van der Waals surface area (Å²) in [6.07, 6.45) is 1.67. The lowest BCUT2D eigenvalue weighted by Gasteiger charge is -2.09. The molecule has 0 spiro atoms. The van der Waals surface area contributed by atoms with Crippen LogP contribution in [0.2, 0.25) is 0 Å². The number of aliphatic imine (C=N–C) groups is 1. The summed E-state index contributed by atoms with van der Waals surface area (Å²) in [5.74, 6) is 1.11. The molecule has 0 atom stereocenters. The number of aryl methyl sites for hydroxylation is 1. The fourth-order valence-electron chi connectivity index (χ4n) is 2.44. The van der Waals surface area contributed by atoms with Gasteiger partial charge in [0.2, 0.25) is 5.90 Å². The Morgan fingerprint density at radius 3 is 2.56 bits per heavy atom. The van der Waals surface area contributed by atoms with Gasteiger partial charge in [-0.1, -0.05) is 23.8 Å². The van der Waals surface area contributed by atoms with Gasteiger partial charge in [-0.2, -0.15) is 0 Å². The standard InChI is InChI=1S/C20H19NO4/c1-4-24-18-12-14(7-10-17(18)23-3)11-16-20(22)25-19(21-16)15-8-5-13(2)6-9-15/h5-12H,4H2,1-3H3/b16-11+. The van der Waals surface area contributed by atoms with E-state index in [1.165, 1.54) is 0 Å². The third-order valence-corrected chi connectivity index (χ3v) is 3.71. The average Bonchev–Trinajstić information content (AvgIpc) is 2.97. The van der Waals surface area contributed by atoms with Crippen molar-refractivity contribution in [3.63, 3.8) is 0 Å². The molecule has 5 heteroatoms. The summed E-state index contributed by atoms with van der Waals surface area (Å²) in [6, 6.07) is 13.1. The average molecular weight is 337 g/mol. The number of carbonyl (C=O) groups excluding carboxylic acids is 1. The van der Waals surface area contributed by atoms with E-state index in [2.05, 4.69) is 4.99 Å². The number of hydrogen-bond donors (Lipinski definition) is 0. The van der Waals surface area contributed by atoms with Crippen molar-refractivity contribution in [2.45, 2.75) is 13.8 Å². The Kier molecular flexibility index (Phi) is 4.84. The van der Waals surface area contributed by atoms with Crippen LogP contribution < -0.4 is 9.47 Å². The molecular weight excluding hydrogens is 318 g/mol. The van der Waals surface area contributed by atoms with Crippen molar-refractivity contribution < 1.29 is 19.0 Å². The number of cyclic esters (lactones) is 1. The molecule has 5 nitrogen and oxygen atoms in total. The first-order chi connectivity index (χ1) is 12.1. The molecular formula is C20H19NO4. The Morgan fingerprint density at radius 1 is 1.12 bits per heavy atom. The van der Waals surface area contributed by atoms with Crippen molar-refractivity contribution in [3.8, 4) is 11.5 Å². The predicted octanol–water partition coefficient (Wildman–Crippen LogP) is 3.75. The van der Waals surface area contributed by atoms with E-state index in [0.29, 0.717) is 24.0 Å². The number of methoxy groups -OCH3 is 1. The number of esters is 1. The van der Waals surface area contributed by atoms with Crippen LogP contribution in [-0.2, 0) is 9.53 Å². The lowest BCUT2D eigenvalue weighted by atomic mass is 10.1. The van der Waals surface area contributed by atoms with Crippen LogP contribution in [0, 0.1) is 6.92 Å². The van der Waals surface area contributed by atoms with Gasteiger partial charge in [0.1, 0.15) is 0 Å². The van der Waals surface area contributed by atoms with E-state index < -0.39 is 5.97 Å². The molecule has 0 saturated carbocycles. The van der Waals surface area contributed by atoms with Gasteiger partial charge >= 0.3 is 5.97 Å². The maximum Gasteiger partial charge on any atom is 0.363 e. The molecule has 1 aliphatic heterocycles. The summed E-state index contributed by atoms with van der Waals surface area (Å²) in [7, 11) is 1.59. The van der Waals surface area contributed by atoms with E-state index in [1.807, 2.05) is 50.2 Å². The second kappa shape index (κ2) is 7.21. The zero-order chi connectivity index (χ0) is 17.8. The van der Waals surface area contributed by atoms with Crippen molar-refractivity contribution in [1.29, 1.82) is 0 Å². The highest BCUT2D eigenvalue weighted by Crippen LogP contribution is 2.29. The van der Waals surface area contributed by atoms with Gasteiger partial charge in [0, 0.05) is 5.56 Å². The van der Waals surface area contributed by atoms with Crippen molar-refractivity contribution in [2.24, 2.45) is 4.99 Å². The highest BCUT2D eigenvalue weighted by Gasteiger charge is 2.24. The van der Waals surface area contributed by atoms with E-state index in [1.54, 1.807) is 19.3 Å². The summed E-state index contributed by atoms with van der Waals surface area (Å²) in [5, 5.41) is 0. The van der Waals surface area contributed by atoms with Gasteiger partial charge in [-0.25, -0.2) is 9.79 Å². The zero-order valence-electron chi connectivity index (χ0n) is 14.4. The van der Waals surface area contributed by atoms with Gasteiger partial charge in [-0.15, -0.1) is 0 Å². The molecule has 0 N–H and O–H groups in total. The first-order valence-electron chi connectivity index (χ1n) is 8.01. The van der Waals surface area contributed by atoms with Crippen LogP contribution in [0.5, 0.6) is 11.5 Å². The number of hydrogen-bond acceptors (Lipinski definition) is 5. The molecule has 2 aromatic rings. The molecule has 1 aliphatic rings. The lowest BCUT2D eigenvalue weighted by molar-refractivity contribution is -0.129. The molecule has 0 radical (unpaired) electrons. The molecule has 1 heterocycles. The molecule has 0 bridgehead atoms. The second-order valence-corrected chi connectivity index (χ2v) is 5.55. The second-order valence-electron chi connectivity index (χ2n) is 5.55. The lowest BCUT2D eigenvalue weighted by Crippen LogP contribution is -2.05. The molecule has 0 saturated heterocycles. The monoisotopic (exact) mass is 337 g/mol. The summed E-state index contributed by atoms with van der Waals surface area (Å²) in [4.78, 5) is 16.4. The first-order valence-corrected chi connectivity index (χ1v) is 8.01. The quantitative estimate of drug-likeness (QED) is 0.616. The molecule has 2 aromatic carbocycles. The normalized spacial score (nSPS) is 15.1. The first kappa shape index (κ1) is 16.8. The minimum atomic E-state index is -0.468. The summed E-state index contributed by atoms with van der Waals surface area (Å²) in [5.41, 5.74) is 2.94. The van der Waals surface area contributed by atoms with E-state index in [4.69, 9.17) is 14.2 Å². The molecule has 0 unspecified atom stereocenters. The minimum Gasteiger partial charge on any atom is -0.493 e. The highest BCUT2D eigenvalue weighted by atomic mass is 16.6. The van der Waals surface area contributed by atoms with E-state index in [-0.39, 0.29) is 5.70 Å². The molecule has 0 fully saturated rings. The minimum absolute atomic E-state index is 0.253. The van der Waals surface area contributed by atoms with Crippen LogP contribution in [0.15, 0.2) is 53.2 Å². The third-order valence-electron chi connectivity index (χ3n) is 3.71. The van der Waals surface area contributed by atoms with Gasteiger partial charge in [0.05, 0.1) is 13.7 Å². The zero-order valence-corrected chi connectivity index (χ0v) is 14.4. The summed E-state index contributed by atoms with van der Waals surface area (Å²) >= 11 is 0. The number of benzene rings is 2. The molecule has 128 valence electrons. The van der Waals surface area contributed by atoms with Crippen molar-refractivity contribution >= 4 is 17.9 Å². The van der Waals surface area contributed by atoms with Crippen LogP contribution in [0.4, 0.5) is 0 Å². The van der Waals surface area contributed by atoms with Gasteiger partial charge < -0.3 is 14.2 Å². The Morgan fingerprint density at radius 2 is 1.88 bits per heavy atom. The largest absolute Gasteiger partial charge is 0.493 e. The van der Waals surface area contributed by atoms with Crippen molar-refractivity contribution in [2.75, 3.05) is 13.7 Å². The van der Waals surface area contributed by atoms with Crippen LogP contribution in [0.1, 0.15) is 23.6 Å². The Balaban J connectivity index is 1.91. The van der Waals surface area contributed by atoms with Gasteiger partial charge in [-0.3, -0.25) is 0 Å². The Bertz CT molecular complexity index is 850. The number of rotatable bonds is 5. The van der Waals surface area contributed by atoms with Gasteiger partial charge in [0.15, 0.2) is 17.2 Å². The maximum atomic E-state index is 12.1. The summed E-state index contributed by atoms with van der Waals surface area (Å²) < 4.78 is 16.1. The fraction of sp³-hybridized carbons (Fsp3) is 0.200. The molecule has 0 aliphatic carbocycles. The van der Waals surface area contributed by atoms with Crippen molar-refractivity contribution in [1.82, 2.24) is 0 Å². The number of ether oxygens (including phenoxy) is 3. The van der Waals surface area contributed by atoms with Gasteiger partial charge in [-0.05, 0) is 49.8 Å². The SMILES string of the molecule is CCOc1cc(/C=C2/N=C(c3ccc(C)cc3)OC2=O)ccc1OC. The molecule has 0 amide bonds. The van der Waals surface area contributed by atoms with Crippen LogP contribution in [0.25, 0.3) is 6.08 Å². The Hall–Kier alpha value is -3.08. The van der Waals surface area contributed by atoms with Gasteiger partial charge in [0.25, 0.3) is 0 Å². The smallest absolute Gasteiger partial charge is 0.363 e. The van der Waals surface area contributed by atoms with E-state index in [0.717, 1.165) is 16.7 Å². The third kappa shape index (κ3) is 3.71. The van der Waals surface area contributed by atoms with Crippen LogP contribution >= 0.6 is 0 Å². The Labute approximate surface area is 146 Å². The predicted molar refractivity (Wildman–Crippen MR) is 95.9 cm³/mol. The van der Waals surface area contributed by atoms with Crippen molar-refractivity contribution in [3.05, 3.63) is 64.9 Å². The molecule has 3 rings (SSSR count). The molecule has 0 aromatic heterocycles. The van der Waals surface area contributed by atoms with E-state index in [9.17, 15) is 4.79 Å². The highest BCUT2D eigenvalue weighted by molar-refractivity contribution is 6.12. The van der Waals surface area contributed by atoms with E-state index >= 15 is 0 Å². The topological polar surface area (TPSA) is 57.1 Å². The maximum absolute atomic E-state index is 12.1. The van der Waals surface area contributed by atoms with Crippen LogP contribution in [0.3, 0.4) is 0 Å².